The quantitative estimate of drug-likeness (QED) is 0.596. The van der Waals surface area contributed by atoms with E-state index in [0.29, 0.717) is 0 Å². The summed E-state index contributed by atoms with van der Waals surface area (Å²) in [5.41, 5.74) is 1.85. The second-order valence-electron chi connectivity index (χ2n) is 5.11. The predicted octanol–water partition coefficient (Wildman–Crippen LogP) is 1.62. The Bertz CT molecular complexity index is 458. The van der Waals surface area contributed by atoms with Crippen molar-refractivity contribution in [1.29, 1.82) is 0 Å². The van der Waals surface area contributed by atoms with Gasteiger partial charge >= 0.3 is 0 Å². The van der Waals surface area contributed by atoms with Gasteiger partial charge in [0.2, 0.25) is 0 Å². The number of carbonyl (C=O) groups excluding carboxylic acids is 1. The Kier molecular flexibility index (Phi) is 6.25. The van der Waals surface area contributed by atoms with E-state index in [9.17, 15) is 4.79 Å². The van der Waals surface area contributed by atoms with Gasteiger partial charge in [0.1, 0.15) is 0 Å². The Morgan fingerprint density at radius 2 is 2.15 bits per heavy atom. The van der Waals surface area contributed by atoms with E-state index < -0.39 is 0 Å². The first-order valence-corrected chi connectivity index (χ1v) is 8.23. The molecule has 0 bridgehead atoms. The lowest BCUT2D eigenvalue weighted by Crippen LogP contribution is -2.44. The SMILES string of the molecule is Cc1c(I)cccc1C(=O)NCCCN1CCNCC1. The van der Waals surface area contributed by atoms with Crippen molar-refractivity contribution in [3.63, 3.8) is 0 Å². The molecule has 2 rings (SSSR count). The van der Waals surface area contributed by atoms with Crippen LogP contribution in [0.1, 0.15) is 22.3 Å². The van der Waals surface area contributed by atoms with Crippen molar-refractivity contribution < 1.29 is 4.79 Å². The molecule has 4 nitrogen and oxygen atoms in total. The molecule has 1 aromatic carbocycles. The third-order valence-electron chi connectivity index (χ3n) is 3.66. The van der Waals surface area contributed by atoms with E-state index in [0.717, 1.165) is 60.4 Å². The fourth-order valence-electron chi connectivity index (χ4n) is 2.39. The van der Waals surface area contributed by atoms with Crippen LogP contribution in [0.3, 0.4) is 0 Å². The van der Waals surface area contributed by atoms with Crippen LogP contribution in [0.2, 0.25) is 0 Å². The average Bonchev–Trinajstić information content (AvgIpc) is 2.47. The number of halogens is 1. The zero-order valence-corrected chi connectivity index (χ0v) is 14.1. The number of amides is 1. The van der Waals surface area contributed by atoms with Crippen LogP contribution in [0.4, 0.5) is 0 Å². The van der Waals surface area contributed by atoms with Gasteiger partial charge in [0, 0.05) is 41.9 Å². The molecule has 0 aliphatic carbocycles. The topological polar surface area (TPSA) is 44.4 Å². The van der Waals surface area contributed by atoms with Gasteiger partial charge in [-0.2, -0.15) is 0 Å². The summed E-state index contributed by atoms with van der Waals surface area (Å²) >= 11 is 2.26. The first kappa shape index (κ1) is 15.7. The van der Waals surface area contributed by atoms with E-state index >= 15 is 0 Å². The van der Waals surface area contributed by atoms with E-state index in [4.69, 9.17) is 0 Å². The van der Waals surface area contributed by atoms with Gasteiger partial charge in [-0.1, -0.05) is 6.07 Å². The molecule has 1 amide bonds. The van der Waals surface area contributed by atoms with Crippen LogP contribution in [0.25, 0.3) is 0 Å². The van der Waals surface area contributed by atoms with Crippen molar-refractivity contribution in [3.8, 4) is 0 Å². The molecule has 0 radical (unpaired) electrons. The highest BCUT2D eigenvalue weighted by Crippen LogP contribution is 2.15. The lowest BCUT2D eigenvalue weighted by molar-refractivity contribution is 0.0950. The summed E-state index contributed by atoms with van der Waals surface area (Å²) in [6, 6.07) is 5.85. The van der Waals surface area contributed by atoms with Crippen LogP contribution < -0.4 is 10.6 Å². The maximum absolute atomic E-state index is 12.1. The van der Waals surface area contributed by atoms with E-state index in [1.165, 1.54) is 0 Å². The number of nitrogens with one attached hydrogen (secondary N) is 2. The second kappa shape index (κ2) is 7.95. The maximum Gasteiger partial charge on any atom is 0.251 e. The Morgan fingerprint density at radius 3 is 2.90 bits per heavy atom. The highest BCUT2D eigenvalue weighted by Gasteiger charge is 2.11. The van der Waals surface area contributed by atoms with Crippen molar-refractivity contribution in [2.75, 3.05) is 39.3 Å². The summed E-state index contributed by atoms with van der Waals surface area (Å²) in [5.74, 6) is 0.0429. The zero-order valence-electron chi connectivity index (χ0n) is 11.9. The maximum atomic E-state index is 12.1. The van der Waals surface area contributed by atoms with Crippen molar-refractivity contribution in [1.82, 2.24) is 15.5 Å². The molecule has 5 heteroatoms. The second-order valence-corrected chi connectivity index (χ2v) is 6.28. The van der Waals surface area contributed by atoms with Gasteiger partial charge in [-0.3, -0.25) is 4.79 Å². The third kappa shape index (κ3) is 4.43. The largest absolute Gasteiger partial charge is 0.352 e. The number of carbonyl (C=O) groups is 1. The molecule has 0 unspecified atom stereocenters. The Hall–Kier alpha value is -0.660. The van der Waals surface area contributed by atoms with Gasteiger partial charge in [0.05, 0.1) is 0 Å². The fraction of sp³-hybridized carbons (Fsp3) is 0.533. The van der Waals surface area contributed by atoms with Crippen molar-refractivity contribution >= 4 is 28.5 Å². The summed E-state index contributed by atoms with van der Waals surface area (Å²) in [5, 5.41) is 6.37. The molecule has 1 saturated heterocycles. The van der Waals surface area contributed by atoms with Crippen molar-refractivity contribution in [3.05, 3.63) is 32.9 Å². The normalized spacial score (nSPS) is 16.1. The number of nitrogens with zero attached hydrogens (tertiary/aromatic N) is 1. The predicted molar refractivity (Wildman–Crippen MR) is 90.2 cm³/mol. The summed E-state index contributed by atoms with van der Waals surface area (Å²) < 4.78 is 1.14. The summed E-state index contributed by atoms with van der Waals surface area (Å²) in [4.78, 5) is 14.6. The third-order valence-corrected chi connectivity index (χ3v) is 4.83. The number of hydrogen-bond donors (Lipinski definition) is 2. The zero-order chi connectivity index (χ0) is 14.4. The highest BCUT2D eigenvalue weighted by molar-refractivity contribution is 14.1. The van der Waals surface area contributed by atoms with Gasteiger partial charge in [-0.05, 0) is 60.2 Å². The Balaban J connectivity index is 1.73. The monoisotopic (exact) mass is 387 g/mol. The molecule has 2 N–H and O–H groups in total. The van der Waals surface area contributed by atoms with Crippen molar-refractivity contribution in [2.45, 2.75) is 13.3 Å². The lowest BCUT2D eigenvalue weighted by Gasteiger charge is -2.27. The van der Waals surface area contributed by atoms with Crippen LogP contribution in [0.15, 0.2) is 18.2 Å². The molecule has 20 heavy (non-hydrogen) atoms. The molecule has 110 valence electrons. The molecule has 0 aromatic heterocycles. The molecule has 0 spiro atoms. The molecule has 1 aromatic rings. The van der Waals surface area contributed by atoms with Crippen LogP contribution in [0.5, 0.6) is 0 Å². The minimum absolute atomic E-state index is 0.0429. The minimum atomic E-state index is 0.0429. The number of rotatable bonds is 5. The molecular formula is C15H22IN3O. The smallest absolute Gasteiger partial charge is 0.251 e. The van der Waals surface area contributed by atoms with Crippen LogP contribution in [-0.2, 0) is 0 Å². The van der Waals surface area contributed by atoms with Gasteiger partial charge in [0.25, 0.3) is 5.91 Å². The average molecular weight is 387 g/mol. The first-order chi connectivity index (χ1) is 9.68. The lowest BCUT2D eigenvalue weighted by atomic mass is 10.1. The Morgan fingerprint density at radius 1 is 1.40 bits per heavy atom. The van der Waals surface area contributed by atoms with E-state index in [1.807, 2.05) is 25.1 Å². The molecule has 1 aliphatic heterocycles. The van der Waals surface area contributed by atoms with E-state index in [2.05, 4.69) is 38.1 Å². The molecule has 1 heterocycles. The van der Waals surface area contributed by atoms with Gasteiger partial charge < -0.3 is 15.5 Å². The summed E-state index contributed by atoms with van der Waals surface area (Å²) in [7, 11) is 0. The molecule has 0 saturated carbocycles. The standard InChI is InChI=1S/C15H22IN3O/c1-12-13(4-2-5-14(12)16)15(20)18-6-3-9-19-10-7-17-8-11-19/h2,4-5,17H,3,6-11H2,1H3,(H,18,20). The number of benzene rings is 1. The number of hydrogen-bond acceptors (Lipinski definition) is 3. The molecular weight excluding hydrogens is 365 g/mol. The Labute approximate surface area is 134 Å². The van der Waals surface area contributed by atoms with Crippen LogP contribution in [0, 0.1) is 10.5 Å². The summed E-state index contributed by atoms with van der Waals surface area (Å²) in [6.45, 7) is 8.19. The first-order valence-electron chi connectivity index (χ1n) is 7.15. The van der Waals surface area contributed by atoms with Crippen LogP contribution in [-0.4, -0.2) is 50.1 Å². The minimum Gasteiger partial charge on any atom is -0.352 e. The van der Waals surface area contributed by atoms with E-state index in [-0.39, 0.29) is 5.91 Å². The molecule has 1 aliphatic rings. The fourth-order valence-corrected chi connectivity index (χ4v) is 2.89. The van der Waals surface area contributed by atoms with Crippen molar-refractivity contribution in [2.24, 2.45) is 0 Å². The van der Waals surface area contributed by atoms with E-state index in [1.54, 1.807) is 0 Å². The van der Waals surface area contributed by atoms with Gasteiger partial charge in [-0.15, -0.1) is 0 Å². The number of piperazine rings is 1. The van der Waals surface area contributed by atoms with Crippen LogP contribution >= 0.6 is 22.6 Å². The summed E-state index contributed by atoms with van der Waals surface area (Å²) in [6.07, 6.45) is 1.01. The van der Waals surface area contributed by atoms with Gasteiger partial charge in [0.15, 0.2) is 0 Å². The molecule has 1 fully saturated rings. The van der Waals surface area contributed by atoms with Gasteiger partial charge in [-0.25, -0.2) is 0 Å². The molecule has 0 atom stereocenters. The highest BCUT2D eigenvalue weighted by atomic mass is 127.